The predicted molar refractivity (Wildman–Crippen MR) is 74.2 cm³/mol. The molecule has 1 aromatic carbocycles. The molecule has 0 fully saturated rings. The zero-order valence-corrected chi connectivity index (χ0v) is 11.0. The number of hydrogen-bond acceptors (Lipinski definition) is 3. The molecular formula is C14H14N4O2. The van der Waals surface area contributed by atoms with Gasteiger partial charge in [-0.1, -0.05) is 12.1 Å². The van der Waals surface area contributed by atoms with Gasteiger partial charge in [0.05, 0.1) is 29.2 Å². The summed E-state index contributed by atoms with van der Waals surface area (Å²) in [5.74, 6) is -0.0690. The molecule has 0 unspecified atom stereocenters. The summed E-state index contributed by atoms with van der Waals surface area (Å²) in [7, 11) is 1.84. The fourth-order valence-electron chi connectivity index (χ4n) is 2.27. The van der Waals surface area contributed by atoms with Gasteiger partial charge in [0.15, 0.2) is 0 Å². The number of nitrogens with zero attached hydrogens (tertiary/aromatic N) is 4. The normalized spacial score (nSPS) is 11.1. The standard InChI is InChI=1S/C14H14N4O2/c1-17-9-10(8-15-17)14-16-11-4-2-3-5-12(11)18(14)7-6-13(19)20/h2-5,8-9H,6-7H2,1H3,(H,19,20). The van der Waals surface area contributed by atoms with Crippen molar-refractivity contribution in [2.45, 2.75) is 13.0 Å². The van der Waals surface area contributed by atoms with Crippen molar-refractivity contribution in [1.29, 1.82) is 0 Å². The second-order valence-electron chi connectivity index (χ2n) is 4.62. The van der Waals surface area contributed by atoms with E-state index in [1.54, 1.807) is 10.9 Å². The molecule has 6 heteroatoms. The average Bonchev–Trinajstić information content (AvgIpc) is 2.99. The van der Waals surface area contributed by atoms with Gasteiger partial charge >= 0.3 is 5.97 Å². The lowest BCUT2D eigenvalue weighted by Gasteiger charge is -2.06. The molecule has 0 radical (unpaired) electrons. The van der Waals surface area contributed by atoms with E-state index < -0.39 is 5.97 Å². The number of aromatic nitrogens is 4. The van der Waals surface area contributed by atoms with E-state index in [2.05, 4.69) is 10.1 Å². The average molecular weight is 270 g/mol. The van der Waals surface area contributed by atoms with Gasteiger partial charge in [-0.3, -0.25) is 9.48 Å². The summed E-state index contributed by atoms with van der Waals surface area (Å²) in [6.07, 6.45) is 3.67. The van der Waals surface area contributed by atoms with Crippen molar-refractivity contribution in [3.8, 4) is 11.4 Å². The highest BCUT2D eigenvalue weighted by Crippen LogP contribution is 2.24. The van der Waals surface area contributed by atoms with E-state index in [9.17, 15) is 4.79 Å². The van der Waals surface area contributed by atoms with Crippen LogP contribution >= 0.6 is 0 Å². The minimum atomic E-state index is -0.820. The maximum atomic E-state index is 10.8. The monoisotopic (exact) mass is 270 g/mol. The lowest BCUT2D eigenvalue weighted by Crippen LogP contribution is -2.05. The Labute approximate surface area is 115 Å². The summed E-state index contributed by atoms with van der Waals surface area (Å²) in [5, 5.41) is 13.0. The number of aryl methyl sites for hydroxylation is 2. The third-order valence-corrected chi connectivity index (χ3v) is 3.17. The molecule has 102 valence electrons. The highest BCUT2D eigenvalue weighted by Gasteiger charge is 2.14. The van der Waals surface area contributed by atoms with E-state index in [0.29, 0.717) is 6.54 Å². The minimum Gasteiger partial charge on any atom is -0.481 e. The fourth-order valence-corrected chi connectivity index (χ4v) is 2.27. The van der Waals surface area contributed by atoms with Gasteiger partial charge in [-0.05, 0) is 12.1 Å². The van der Waals surface area contributed by atoms with Crippen LogP contribution in [-0.4, -0.2) is 30.4 Å². The van der Waals surface area contributed by atoms with Crippen LogP contribution in [-0.2, 0) is 18.4 Å². The quantitative estimate of drug-likeness (QED) is 0.786. The number of carboxylic acids is 1. The molecule has 6 nitrogen and oxygen atoms in total. The van der Waals surface area contributed by atoms with E-state index in [-0.39, 0.29) is 6.42 Å². The molecule has 0 aliphatic heterocycles. The summed E-state index contributed by atoms with van der Waals surface area (Å²) in [6.45, 7) is 0.389. The Kier molecular flexibility index (Phi) is 2.98. The zero-order valence-electron chi connectivity index (χ0n) is 11.0. The van der Waals surface area contributed by atoms with E-state index in [4.69, 9.17) is 5.11 Å². The smallest absolute Gasteiger partial charge is 0.305 e. The first-order valence-corrected chi connectivity index (χ1v) is 6.31. The van der Waals surface area contributed by atoms with Crippen molar-refractivity contribution in [2.24, 2.45) is 7.05 Å². The van der Waals surface area contributed by atoms with Gasteiger partial charge < -0.3 is 9.67 Å². The Hall–Kier alpha value is -2.63. The molecule has 3 rings (SSSR count). The molecule has 3 aromatic rings. The summed E-state index contributed by atoms with van der Waals surface area (Å²) >= 11 is 0. The molecule has 0 bridgehead atoms. The van der Waals surface area contributed by atoms with Gasteiger partial charge in [-0.2, -0.15) is 5.10 Å². The van der Waals surface area contributed by atoms with Gasteiger partial charge in [0.1, 0.15) is 5.82 Å². The molecule has 2 aromatic heterocycles. The number of rotatable bonds is 4. The molecular weight excluding hydrogens is 256 g/mol. The Morgan fingerprint density at radius 3 is 2.85 bits per heavy atom. The number of benzene rings is 1. The molecule has 0 spiro atoms. The van der Waals surface area contributed by atoms with E-state index in [0.717, 1.165) is 22.4 Å². The van der Waals surface area contributed by atoms with Crippen LogP contribution in [0.5, 0.6) is 0 Å². The van der Waals surface area contributed by atoms with Gasteiger partial charge in [-0.15, -0.1) is 0 Å². The molecule has 0 atom stereocenters. The van der Waals surface area contributed by atoms with Crippen molar-refractivity contribution in [1.82, 2.24) is 19.3 Å². The summed E-state index contributed by atoms with van der Waals surface area (Å²) in [4.78, 5) is 15.4. The first kappa shape index (κ1) is 12.4. The Morgan fingerprint density at radius 2 is 2.15 bits per heavy atom. The minimum absolute atomic E-state index is 0.0631. The Bertz CT molecular complexity index is 772. The topological polar surface area (TPSA) is 72.9 Å². The second-order valence-corrected chi connectivity index (χ2v) is 4.62. The van der Waals surface area contributed by atoms with Crippen molar-refractivity contribution in [2.75, 3.05) is 0 Å². The summed E-state index contributed by atoms with van der Waals surface area (Å²) in [5.41, 5.74) is 2.68. The molecule has 2 heterocycles. The number of imidazole rings is 1. The first-order valence-electron chi connectivity index (χ1n) is 6.31. The maximum Gasteiger partial charge on any atom is 0.305 e. The first-order chi connectivity index (χ1) is 9.65. The van der Waals surface area contributed by atoms with Crippen LogP contribution in [0.2, 0.25) is 0 Å². The lowest BCUT2D eigenvalue weighted by molar-refractivity contribution is -0.137. The fraction of sp³-hybridized carbons (Fsp3) is 0.214. The summed E-state index contributed by atoms with van der Waals surface area (Å²) < 4.78 is 3.64. The largest absolute Gasteiger partial charge is 0.481 e. The van der Waals surface area contributed by atoms with Crippen LogP contribution in [0, 0.1) is 0 Å². The van der Waals surface area contributed by atoms with Gasteiger partial charge in [0, 0.05) is 19.8 Å². The van der Waals surface area contributed by atoms with E-state index in [1.165, 1.54) is 0 Å². The molecule has 0 saturated carbocycles. The third-order valence-electron chi connectivity index (χ3n) is 3.17. The number of para-hydroxylation sites is 2. The van der Waals surface area contributed by atoms with Crippen LogP contribution in [0.1, 0.15) is 6.42 Å². The zero-order chi connectivity index (χ0) is 14.1. The van der Waals surface area contributed by atoms with Crippen molar-refractivity contribution in [3.05, 3.63) is 36.7 Å². The van der Waals surface area contributed by atoms with E-state index >= 15 is 0 Å². The lowest BCUT2D eigenvalue weighted by atomic mass is 10.3. The van der Waals surface area contributed by atoms with Gasteiger partial charge in [-0.25, -0.2) is 4.98 Å². The maximum absolute atomic E-state index is 10.8. The number of carbonyl (C=O) groups is 1. The van der Waals surface area contributed by atoms with Gasteiger partial charge in [0.25, 0.3) is 0 Å². The van der Waals surface area contributed by atoms with Crippen molar-refractivity contribution in [3.63, 3.8) is 0 Å². The third kappa shape index (κ3) is 2.16. The number of carboxylic acid groups (broad SMARTS) is 1. The van der Waals surface area contributed by atoms with Crippen molar-refractivity contribution < 1.29 is 9.90 Å². The SMILES string of the molecule is Cn1cc(-c2nc3ccccc3n2CCC(=O)O)cn1. The predicted octanol–water partition coefficient (Wildman–Crippen LogP) is 1.91. The van der Waals surface area contributed by atoms with Crippen LogP contribution < -0.4 is 0 Å². The number of hydrogen-bond donors (Lipinski definition) is 1. The molecule has 20 heavy (non-hydrogen) atoms. The molecule has 0 aliphatic carbocycles. The van der Waals surface area contributed by atoms with Crippen LogP contribution in [0.3, 0.4) is 0 Å². The number of aliphatic carboxylic acids is 1. The van der Waals surface area contributed by atoms with Crippen LogP contribution in [0.15, 0.2) is 36.7 Å². The highest BCUT2D eigenvalue weighted by atomic mass is 16.4. The molecule has 1 N–H and O–H groups in total. The Balaban J connectivity index is 2.14. The molecule has 0 saturated heterocycles. The van der Waals surface area contributed by atoms with Crippen molar-refractivity contribution >= 4 is 17.0 Å². The van der Waals surface area contributed by atoms with Gasteiger partial charge in [0.2, 0.25) is 0 Å². The summed E-state index contributed by atoms with van der Waals surface area (Å²) in [6, 6.07) is 7.72. The highest BCUT2D eigenvalue weighted by molar-refractivity contribution is 5.80. The van der Waals surface area contributed by atoms with Crippen LogP contribution in [0.25, 0.3) is 22.4 Å². The molecule has 0 amide bonds. The second kappa shape index (κ2) is 4.80. The van der Waals surface area contributed by atoms with Crippen LogP contribution in [0.4, 0.5) is 0 Å². The number of fused-ring (bicyclic) bond motifs is 1. The molecule has 0 aliphatic rings. The van der Waals surface area contributed by atoms with E-state index in [1.807, 2.05) is 42.1 Å². The Morgan fingerprint density at radius 1 is 1.35 bits per heavy atom.